The van der Waals surface area contributed by atoms with Crippen LogP contribution in [0.15, 0.2) is 12.3 Å². The van der Waals surface area contributed by atoms with Gasteiger partial charge in [-0.2, -0.15) is 0 Å². The molecule has 0 saturated heterocycles. The molecule has 3 nitrogen and oxygen atoms in total. The van der Waals surface area contributed by atoms with Crippen LogP contribution in [-0.2, 0) is 6.42 Å². The van der Waals surface area contributed by atoms with E-state index in [2.05, 4.69) is 30.3 Å². The fourth-order valence-corrected chi connectivity index (χ4v) is 3.85. The topological polar surface area (TPSA) is 30.7 Å². The second-order valence-electron chi connectivity index (χ2n) is 6.47. The van der Waals surface area contributed by atoms with Gasteiger partial charge in [0.2, 0.25) is 0 Å². The Bertz CT molecular complexity index is 634. The molecule has 0 radical (unpaired) electrons. The Morgan fingerprint density at radius 1 is 1.33 bits per heavy atom. The highest BCUT2D eigenvalue weighted by molar-refractivity contribution is 6.17. The number of alkyl halides is 1. The largest absolute Gasteiger partial charge is 0.309 e. The maximum absolute atomic E-state index is 6.01. The van der Waals surface area contributed by atoms with Crippen LogP contribution >= 0.6 is 11.6 Å². The van der Waals surface area contributed by atoms with E-state index in [9.17, 15) is 0 Å². The van der Waals surface area contributed by atoms with Crippen LogP contribution in [0, 0.1) is 18.8 Å². The highest BCUT2D eigenvalue weighted by Crippen LogP contribution is 2.39. The Morgan fingerprint density at radius 2 is 2.14 bits per heavy atom. The van der Waals surface area contributed by atoms with Crippen LogP contribution in [0.1, 0.15) is 50.5 Å². The summed E-state index contributed by atoms with van der Waals surface area (Å²) in [5.74, 6) is 3.13. The van der Waals surface area contributed by atoms with Crippen LogP contribution in [-0.4, -0.2) is 20.4 Å². The minimum atomic E-state index is 0.506. The number of aryl methyl sites for hydroxylation is 2. The zero-order valence-corrected chi connectivity index (χ0v) is 13.9. The van der Waals surface area contributed by atoms with E-state index in [-0.39, 0.29) is 0 Å². The second-order valence-corrected chi connectivity index (χ2v) is 6.85. The van der Waals surface area contributed by atoms with Gasteiger partial charge in [0.15, 0.2) is 5.65 Å². The van der Waals surface area contributed by atoms with E-state index in [1.807, 2.05) is 12.3 Å². The molecule has 1 fully saturated rings. The van der Waals surface area contributed by atoms with Gasteiger partial charge in [-0.25, -0.2) is 9.97 Å². The average Bonchev–Trinajstić information content (AvgIpc) is 2.82. The SMILES string of the molecule is Cc1ccnc2c1nc(CCCl)n2C1CCCC(C)C1C. The zero-order valence-electron chi connectivity index (χ0n) is 13.1. The summed E-state index contributed by atoms with van der Waals surface area (Å²) in [5, 5.41) is 0. The zero-order chi connectivity index (χ0) is 15.0. The van der Waals surface area contributed by atoms with Gasteiger partial charge in [-0.1, -0.05) is 26.7 Å². The monoisotopic (exact) mass is 305 g/mol. The van der Waals surface area contributed by atoms with Gasteiger partial charge < -0.3 is 4.57 Å². The van der Waals surface area contributed by atoms with Crippen LogP contribution in [0.2, 0.25) is 0 Å². The highest BCUT2D eigenvalue weighted by atomic mass is 35.5. The van der Waals surface area contributed by atoms with Crippen molar-refractivity contribution in [1.82, 2.24) is 14.5 Å². The summed E-state index contributed by atoms with van der Waals surface area (Å²) < 4.78 is 2.39. The van der Waals surface area contributed by atoms with Crippen molar-refractivity contribution in [3.63, 3.8) is 0 Å². The van der Waals surface area contributed by atoms with Crippen LogP contribution < -0.4 is 0 Å². The first kappa shape index (κ1) is 14.8. The summed E-state index contributed by atoms with van der Waals surface area (Å²) >= 11 is 6.01. The molecule has 3 atom stereocenters. The molecule has 2 heterocycles. The summed E-state index contributed by atoms with van der Waals surface area (Å²) in [5.41, 5.74) is 3.29. The average molecular weight is 306 g/mol. The summed E-state index contributed by atoms with van der Waals surface area (Å²) in [6, 6.07) is 2.54. The van der Waals surface area contributed by atoms with Gasteiger partial charge in [0.05, 0.1) is 0 Å². The van der Waals surface area contributed by atoms with Crippen LogP contribution in [0.4, 0.5) is 0 Å². The number of halogens is 1. The highest BCUT2D eigenvalue weighted by Gasteiger charge is 2.31. The number of imidazole rings is 1. The molecule has 0 aliphatic heterocycles. The van der Waals surface area contributed by atoms with Gasteiger partial charge in [-0.3, -0.25) is 0 Å². The van der Waals surface area contributed by atoms with Gasteiger partial charge in [0, 0.05) is 24.5 Å². The van der Waals surface area contributed by atoms with Gasteiger partial charge >= 0.3 is 0 Å². The van der Waals surface area contributed by atoms with E-state index in [1.54, 1.807) is 0 Å². The van der Waals surface area contributed by atoms with E-state index in [4.69, 9.17) is 16.6 Å². The standard InChI is InChI=1S/C17H24ClN3/c1-11-5-4-6-14(13(11)3)21-15(7-9-18)20-16-12(2)8-10-19-17(16)21/h8,10-11,13-14H,4-7,9H2,1-3H3. The molecule has 0 bridgehead atoms. The molecule has 21 heavy (non-hydrogen) atoms. The molecule has 0 amide bonds. The first-order chi connectivity index (χ1) is 10.1. The molecular weight excluding hydrogens is 282 g/mol. The van der Waals surface area contributed by atoms with Crippen molar-refractivity contribution in [2.45, 2.75) is 52.5 Å². The first-order valence-electron chi connectivity index (χ1n) is 8.02. The molecule has 0 aromatic carbocycles. The first-order valence-corrected chi connectivity index (χ1v) is 8.55. The molecule has 3 rings (SSSR count). The van der Waals surface area contributed by atoms with Gasteiger partial charge in [0.1, 0.15) is 11.3 Å². The number of hydrogen-bond acceptors (Lipinski definition) is 2. The minimum absolute atomic E-state index is 0.506. The molecule has 1 saturated carbocycles. The third-order valence-electron chi connectivity index (χ3n) is 5.17. The van der Waals surface area contributed by atoms with Gasteiger partial charge in [-0.05, 0) is 36.8 Å². The molecule has 1 aliphatic carbocycles. The third-order valence-corrected chi connectivity index (χ3v) is 5.36. The van der Waals surface area contributed by atoms with E-state index >= 15 is 0 Å². The fraction of sp³-hybridized carbons (Fsp3) is 0.647. The lowest BCUT2D eigenvalue weighted by atomic mass is 9.78. The lowest BCUT2D eigenvalue weighted by molar-refractivity contribution is 0.186. The molecule has 3 unspecified atom stereocenters. The van der Waals surface area contributed by atoms with Crippen LogP contribution in [0.25, 0.3) is 11.2 Å². The molecule has 4 heteroatoms. The fourth-order valence-electron chi connectivity index (χ4n) is 3.68. The maximum atomic E-state index is 6.01. The van der Waals surface area contributed by atoms with E-state index in [0.29, 0.717) is 17.8 Å². The van der Waals surface area contributed by atoms with Crippen molar-refractivity contribution in [2.24, 2.45) is 11.8 Å². The van der Waals surface area contributed by atoms with Crippen molar-refractivity contribution in [3.05, 3.63) is 23.7 Å². The molecule has 0 spiro atoms. The van der Waals surface area contributed by atoms with Crippen molar-refractivity contribution >= 4 is 22.8 Å². The van der Waals surface area contributed by atoms with Crippen molar-refractivity contribution in [3.8, 4) is 0 Å². The molecule has 2 aromatic rings. The number of fused-ring (bicyclic) bond motifs is 1. The van der Waals surface area contributed by atoms with Crippen LogP contribution in [0.3, 0.4) is 0 Å². The summed E-state index contributed by atoms with van der Waals surface area (Å²) in [7, 11) is 0. The Morgan fingerprint density at radius 3 is 2.90 bits per heavy atom. The Balaban J connectivity index is 2.15. The quantitative estimate of drug-likeness (QED) is 0.781. The predicted molar refractivity (Wildman–Crippen MR) is 87.9 cm³/mol. The lowest BCUT2D eigenvalue weighted by Crippen LogP contribution is -2.28. The smallest absolute Gasteiger partial charge is 0.160 e. The van der Waals surface area contributed by atoms with E-state index < -0.39 is 0 Å². The lowest BCUT2D eigenvalue weighted by Gasteiger charge is -2.35. The second kappa shape index (κ2) is 5.96. The van der Waals surface area contributed by atoms with Crippen molar-refractivity contribution < 1.29 is 0 Å². The van der Waals surface area contributed by atoms with E-state index in [1.165, 1.54) is 24.8 Å². The van der Waals surface area contributed by atoms with Gasteiger partial charge in [0.25, 0.3) is 0 Å². The summed E-state index contributed by atoms with van der Waals surface area (Å²) in [6.45, 7) is 6.86. The number of rotatable bonds is 3. The Labute approximate surface area is 131 Å². The molecule has 2 aromatic heterocycles. The van der Waals surface area contributed by atoms with Crippen molar-refractivity contribution in [1.29, 1.82) is 0 Å². The number of aromatic nitrogens is 3. The number of pyridine rings is 1. The Kier molecular flexibility index (Phi) is 4.21. The number of nitrogens with zero attached hydrogens (tertiary/aromatic N) is 3. The summed E-state index contributed by atoms with van der Waals surface area (Å²) in [4.78, 5) is 9.49. The molecule has 0 N–H and O–H groups in total. The minimum Gasteiger partial charge on any atom is -0.309 e. The summed E-state index contributed by atoms with van der Waals surface area (Å²) in [6.07, 6.45) is 6.57. The van der Waals surface area contributed by atoms with E-state index in [0.717, 1.165) is 29.3 Å². The molecular formula is C17H24ClN3. The van der Waals surface area contributed by atoms with Gasteiger partial charge in [-0.15, -0.1) is 11.6 Å². The van der Waals surface area contributed by atoms with Crippen LogP contribution in [0.5, 0.6) is 0 Å². The van der Waals surface area contributed by atoms with Crippen molar-refractivity contribution in [2.75, 3.05) is 5.88 Å². The Hall–Kier alpha value is -1.09. The molecule has 1 aliphatic rings. The molecule has 114 valence electrons. The number of hydrogen-bond donors (Lipinski definition) is 0. The normalized spacial score (nSPS) is 26.4. The maximum Gasteiger partial charge on any atom is 0.160 e. The predicted octanol–water partition coefficient (Wildman–Crippen LogP) is 4.52. The third kappa shape index (κ3) is 2.57.